The Bertz CT molecular complexity index is 841. The van der Waals surface area contributed by atoms with Crippen LogP contribution in [0.3, 0.4) is 0 Å². The molecule has 1 aromatic rings. The summed E-state index contributed by atoms with van der Waals surface area (Å²) < 4.78 is 38.8. The van der Waals surface area contributed by atoms with E-state index in [0.717, 1.165) is 44.9 Å². The zero-order valence-electron chi connectivity index (χ0n) is 25.3. The Hall–Kier alpha value is -1.76. The van der Waals surface area contributed by atoms with Gasteiger partial charge in [0.2, 0.25) is 10.0 Å². The van der Waals surface area contributed by atoms with Gasteiger partial charge < -0.3 is 9.47 Å². The molecule has 7 heteroatoms. The molecule has 1 N–H and O–H groups in total. The van der Waals surface area contributed by atoms with Crippen LogP contribution in [-0.2, 0) is 19.6 Å². The zero-order chi connectivity index (χ0) is 28.8. The van der Waals surface area contributed by atoms with E-state index in [0.29, 0.717) is 36.8 Å². The Labute approximate surface area is 240 Å². The van der Waals surface area contributed by atoms with E-state index >= 15 is 0 Å². The fourth-order valence-electron chi connectivity index (χ4n) is 4.56. The molecule has 0 amide bonds. The second-order valence-corrected chi connectivity index (χ2v) is 12.8. The number of esters is 1. The minimum atomic E-state index is -3.36. The molecule has 0 bridgehead atoms. The van der Waals surface area contributed by atoms with Crippen LogP contribution in [0.2, 0.25) is 0 Å². The SMILES string of the molecule is CCCCCCCCCCCCC(Oc1ccc(NS(=O)(=O)CCCC)cc1)C(=O)OCC(CC)CCCC. The Morgan fingerprint density at radius 3 is 1.87 bits per heavy atom. The number of benzene rings is 1. The first kappa shape index (κ1) is 35.3. The summed E-state index contributed by atoms with van der Waals surface area (Å²) in [4.78, 5) is 13.0. The highest BCUT2D eigenvalue weighted by Gasteiger charge is 2.23. The maximum atomic E-state index is 13.0. The normalized spacial score (nSPS) is 13.1. The highest BCUT2D eigenvalue weighted by atomic mass is 32.2. The predicted molar refractivity (Wildman–Crippen MR) is 164 cm³/mol. The molecule has 0 aromatic heterocycles. The summed E-state index contributed by atoms with van der Waals surface area (Å²) in [5.74, 6) is 0.724. The second-order valence-electron chi connectivity index (χ2n) is 10.9. The van der Waals surface area contributed by atoms with E-state index < -0.39 is 16.1 Å². The number of anilines is 1. The third-order valence-electron chi connectivity index (χ3n) is 7.26. The number of sulfonamides is 1. The Balaban J connectivity index is 2.65. The second kappa shape index (κ2) is 22.0. The van der Waals surface area contributed by atoms with Gasteiger partial charge in [-0.1, -0.05) is 111 Å². The van der Waals surface area contributed by atoms with Crippen molar-refractivity contribution in [3.8, 4) is 5.75 Å². The van der Waals surface area contributed by atoms with Gasteiger partial charge in [-0.3, -0.25) is 4.72 Å². The Morgan fingerprint density at radius 2 is 1.31 bits per heavy atom. The van der Waals surface area contributed by atoms with Crippen molar-refractivity contribution < 1.29 is 22.7 Å². The summed E-state index contributed by atoms with van der Waals surface area (Å²) in [6.45, 7) is 8.97. The van der Waals surface area contributed by atoms with E-state index in [1.165, 1.54) is 51.4 Å². The van der Waals surface area contributed by atoms with E-state index in [9.17, 15) is 13.2 Å². The molecule has 39 heavy (non-hydrogen) atoms. The van der Waals surface area contributed by atoms with Crippen molar-refractivity contribution in [2.45, 2.75) is 143 Å². The highest BCUT2D eigenvalue weighted by molar-refractivity contribution is 7.92. The topological polar surface area (TPSA) is 81.7 Å². The molecule has 0 fully saturated rings. The Kier molecular flexibility index (Phi) is 19.9. The van der Waals surface area contributed by atoms with E-state index in [-0.39, 0.29) is 11.7 Å². The van der Waals surface area contributed by atoms with Crippen LogP contribution in [0.4, 0.5) is 5.69 Å². The van der Waals surface area contributed by atoms with Crippen molar-refractivity contribution >= 4 is 21.7 Å². The molecule has 0 saturated carbocycles. The zero-order valence-corrected chi connectivity index (χ0v) is 26.2. The van der Waals surface area contributed by atoms with Gasteiger partial charge >= 0.3 is 5.97 Å². The lowest BCUT2D eigenvalue weighted by atomic mass is 10.0. The smallest absolute Gasteiger partial charge is 0.347 e. The van der Waals surface area contributed by atoms with Crippen LogP contribution in [0.25, 0.3) is 0 Å². The van der Waals surface area contributed by atoms with Crippen LogP contribution in [0, 0.1) is 5.92 Å². The van der Waals surface area contributed by atoms with E-state index in [2.05, 4.69) is 25.5 Å². The molecule has 0 radical (unpaired) electrons. The third-order valence-corrected chi connectivity index (χ3v) is 8.63. The van der Waals surface area contributed by atoms with E-state index in [1.807, 2.05) is 6.92 Å². The summed E-state index contributed by atoms with van der Waals surface area (Å²) in [5.41, 5.74) is 0.494. The van der Waals surface area contributed by atoms with E-state index in [4.69, 9.17) is 9.47 Å². The van der Waals surface area contributed by atoms with Crippen molar-refractivity contribution in [3.05, 3.63) is 24.3 Å². The number of rotatable bonds is 25. The standard InChI is InChI=1S/C32H57NO5S/c1-5-9-12-13-14-15-16-17-18-19-21-31(32(34)37-27-28(8-4)20-10-6-2)38-30-24-22-29(23-25-30)33-39(35,36)26-11-7-3/h22-25,28,31,33H,5-21,26-27H2,1-4H3. The minimum absolute atomic E-state index is 0.103. The monoisotopic (exact) mass is 567 g/mol. The molecule has 1 rings (SSSR count). The van der Waals surface area contributed by atoms with Crippen LogP contribution >= 0.6 is 0 Å². The van der Waals surface area contributed by atoms with Crippen molar-refractivity contribution in [1.29, 1.82) is 0 Å². The number of unbranched alkanes of at least 4 members (excludes halogenated alkanes) is 11. The molecule has 0 aliphatic carbocycles. The van der Waals surface area contributed by atoms with Gasteiger partial charge in [-0.25, -0.2) is 13.2 Å². The molecule has 0 saturated heterocycles. The van der Waals surface area contributed by atoms with Crippen molar-refractivity contribution in [2.24, 2.45) is 5.92 Å². The van der Waals surface area contributed by atoms with Crippen molar-refractivity contribution in [3.63, 3.8) is 0 Å². The maximum absolute atomic E-state index is 13.0. The summed E-state index contributed by atoms with van der Waals surface area (Å²) in [5, 5.41) is 0. The molecule has 0 heterocycles. The molecule has 2 unspecified atom stereocenters. The van der Waals surface area contributed by atoms with Crippen LogP contribution in [-0.4, -0.2) is 32.9 Å². The fraction of sp³-hybridized carbons (Fsp3) is 0.781. The molecule has 0 spiro atoms. The predicted octanol–water partition coefficient (Wildman–Crippen LogP) is 9.05. The van der Waals surface area contributed by atoms with Gasteiger partial charge in [0.05, 0.1) is 12.4 Å². The van der Waals surface area contributed by atoms with Crippen LogP contribution in [0.1, 0.15) is 137 Å². The van der Waals surface area contributed by atoms with Gasteiger partial charge in [0.15, 0.2) is 6.10 Å². The van der Waals surface area contributed by atoms with Gasteiger partial charge in [-0.15, -0.1) is 0 Å². The van der Waals surface area contributed by atoms with Crippen LogP contribution in [0.5, 0.6) is 5.75 Å². The van der Waals surface area contributed by atoms with Gasteiger partial charge in [-0.2, -0.15) is 0 Å². The quantitative estimate of drug-likeness (QED) is 0.0941. The van der Waals surface area contributed by atoms with Crippen molar-refractivity contribution in [2.75, 3.05) is 17.1 Å². The molecule has 1 aromatic carbocycles. The number of carbonyl (C=O) groups excluding carboxylic acids is 1. The minimum Gasteiger partial charge on any atom is -0.479 e. The summed E-state index contributed by atoms with van der Waals surface area (Å²) >= 11 is 0. The van der Waals surface area contributed by atoms with Gasteiger partial charge in [0.1, 0.15) is 5.75 Å². The first-order valence-corrected chi connectivity index (χ1v) is 17.4. The number of ether oxygens (including phenoxy) is 2. The van der Waals surface area contributed by atoms with Gasteiger partial charge in [0, 0.05) is 5.69 Å². The first-order chi connectivity index (χ1) is 18.8. The number of nitrogens with one attached hydrogen (secondary N) is 1. The largest absolute Gasteiger partial charge is 0.479 e. The number of hydrogen-bond acceptors (Lipinski definition) is 5. The molecule has 0 aliphatic heterocycles. The lowest BCUT2D eigenvalue weighted by Crippen LogP contribution is -2.31. The van der Waals surface area contributed by atoms with Crippen molar-refractivity contribution in [1.82, 2.24) is 0 Å². The first-order valence-electron chi connectivity index (χ1n) is 15.8. The lowest BCUT2D eigenvalue weighted by molar-refractivity contribution is -0.153. The third kappa shape index (κ3) is 17.5. The summed E-state index contributed by atoms with van der Waals surface area (Å²) in [7, 11) is -3.36. The molecule has 6 nitrogen and oxygen atoms in total. The molecular formula is C32H57NO5S. The number of carbonyl (C=O) groups is 1. The summed E-state index contributed by atoms with van der Waals surface area (Å²) in [6, 6.07) is 6.79. The summed E-state index contributed by atoms with van der Waals surface area (Å²) in [6.07, 6.45) is 18.1. The van der Waals surface area contributed by atoms with Crippen LogP contribution < -0.4 is 9.46 Å². The number of hydrogen-bond donors (Lipinski definition) is 1. The maximum Gasteiger partial charge on any atom is 0.347 e. The average Bonchev–Trinajstić information content (AvgIpc) is 2.93. The molecule has 2 atom stereocenters. The molecular weight excluding hydrogens is 510 g/mol. The van der Waals surface area contributed by atoms with Gasteiger partial charge in [-0.05, 0) is 55.9 Å². The molecule has 0 aliphatic rings. The average molecular weight is 568 g/mol. The van der Waals surface area contributed by atoms with Crippen LogP contribution in [0.15, 0.2) is 24.3 Å². The van der Waals surface area contributed by atoms with Gasteiger partial charge in [0.25, 0.3) is 0 Å². The van der Waals surface area contributed by atoms with E-state index in [1.54, 1.807) is 24.3 Å². The Morgan fingerprint density at radius 1 is 0.744 bits per heavy atom. The highest BCUT2D eigenvalue weighted by Crippen LogP contribution is 2.22. The fourth-order valence-corrected chi connectivity index (χ4v) is 5.83. The lowest BCUT2D eigenvalue weighted by Gasteiger charge is -2.21. The molecule has 226 valence electrons.